The number of phosphoric acid groups is 1. The zero-order chi connectivity index (χ0) is 32.2. The van der Waals surface area contributed by atoms with Crippen molar-refractivity contribution < 1.29 is 42.8 Å². The number of hydrogen-bond donors (Lipinski definition) is 7. The molecule has 8 N–H and O–H groups in total. The average Bonchev–Trinajstić information content (AvgIpc) is 2.94. The third-order valence-corrected chi connectivity index (χ3v) is 6.91. The maximum atomic E-state index is 13.2. The van der Waals surface area contributed by atoms with Crippen LogP contribution in [0.2, 0.25) is 0 Å². The standard InChI is InChI=1S/C28H38N5O9P/c1-4-17(2)25(31-18(3)34)28(38)33-23(15-20-10-12-21(13-11-20)42-43(39,40)41)27(37)30-16-24(35)32-22(26(29)36)14-19-8-6-5-7-9-19/h5-13,17,22-23,25H,4,14-16H2,1-3H3,(H2,29,36)(H,30,37)(H,31,34)(H,32,35)(H,33,38)(H2,39,40,41)/t17-,22-,23-,25-/m0/s1. The molecule has 43 heavy (non-hydrogen) atoms. The molecule has 2 aromatic rings. The molecule has 14 nitrogen and oxygen atoms in total. The topological polar surface area (TPSA) is 226 Å². The zero-order valence-corrected chi connectivity index (χ0v) is 25.0. The van der Waals surface area contributed by atoms with E-state index in [4.69, 9.17) is 15.5 Å². The predicted octanol–water partition coefficient (Wildman–Crippen LogP) is 0.0652. The Kier molecular flexibility index (Phi) is 13.3. The Bertz CT molecular complexity index is 1320. The number of nitrogens with two attached hydrogens (primary N) is 1. The van der Waals surface area contributed by atoms with Gasteiger partial charge in [-0.25, -0.2) is 4.57 Å². The largest absolute Gasteiger partial charge is 0.524 e. The number of carbonyl (C=O) groups excluding carboxylic acids is 5. The smallest absolute Gasteiger partial charge is 0.404 e. The van der Waals surface area contributed by atoms with Gasteiger partial charge >= 0.3 is 7.82 Å². The van der Waals surface area contributed by atoms with Crippen molar-refractivity contribution in [2.45, 2.75) is 58.2 Å². The molecular formula is C28H38N5O9P. The highest BCUT2D eigenvalue weighted by Gasteiger charge is 2.30. The van der Waals surface area contributed by atoms with Crippen molar-refractivity contribution in [1.29, 1.82) is 0 Å². The van der Waals surface area contributed by atoms with E-state index < -0.39 is 62.0 Å². The lowest BCUT2D eigenvalue weighted by Gasteiger charge is -2.26. The minimum atomic E-state index is -4.78. The van der Waals surface area contributed by atoms with Gasteiger partial charge in [-0.2, -0.15) is 0 Å². The fourth-order valence-corrected chi connectivity index (χ4v) is 4.46. The van der Waals surface area contributed by atoms with E-state index in [1.165, 1.54) is 31.2 Å². The van der Waals surface area contributed by atoms with E-state index in [0.717, 1.165) is 5.56 Å². The van der Waals surface area contributed by atoms with Crippen LogP contribution in [0.5, 0.6) is 5.75 Å². The summed E-state index contributed by atoms with van der Waals surface area (Å²) in [7, 11) is -4.78. The average molecular weight is 620 g/mol. The third kappa shape index (κ3) is 12.6. The van der Waals surface area contributed by atoms with Crippen LogP contribution in [0.4, 0.5) is 0 Å². The van der Waals surface area contributed by atoms with Crippen molar-refractivity contribution in [3.05, 3.63) is 65.7 Å². The molecule has 0 bridgehead atoms. The van der Waals surface area contributed by atoms with Gasteiger partial charge in [-0.3, -0.25) is 33.8 Å². The quantitative estimate of drug-likeness (QED) is 0.126. The number of amides is 5. The van der Waals surface area contributed by atoms with Crippen LogP contribution in [0.3, 0.4) is 0 Å². The van der Waals surface area contributed by atoms with Crippen LogP contribution in [0.25, 0.3) is 0 Å². The van der Waals surface area contributed by atoms with Crippen LogP contribution in [0.15, 0.2) is 54.6 Å². The molecule has 0 saturated carbocycles. The molecule has 0 unspecified atom stereocenters. The van der Waals surface area contributed by atoms with Crippen molar-refractivity contribution in [3.63, 3.8) is 0 Å². The Balaban J connectivity index is 2.17. The predicted molar refractivity (Wildman–Crippen MR) is 156 cm³/mol. The van der Waals surface area contributed by atoms with Crippen LogP contribution in [0, 0.1) is 5.92 Å². The first-order valence-electron chi connectivity index (χ1n) is 13.5. The fraction of sp³-hybridized carbons (Fsp3) is 0.393. The summed E-state index contributed by atoms with van der Waals surface area (Å²) in [4.78, 5) is 80.7. The summed E-state index contributed by atoms with van der Waals surface area (Å²) in [6.07, 6.45) is 0.622. The molecule has 0 heterocycles. The van der Waals surface area contributed by atoms with E-state index in [0.29, 0.717) is 12.0 Å². The first kappa shape index (κ1) is 34.9. The Labute approximate surface area is 249 Å². The Morgan fingerprint density at radius 1 is 0.860 bits per heavy atom. The number of carbonyl (C=O) groups is 5. The number of hydrogen-bond acceptors (Lipinski definition) is 7. The van der Waals surface area contributed by atoms with E-state index in [9.17, 15) is 28.5 Å². The van der Waals surface area contributed by atoms with Crippen LogP contribution >= 0.6 is 7.82 Å². The van der Waals surface area contributed by atoms with E-state index in [-0.39, 0.29) is 24.5 Å². The molecule has 0 fully saturated rings. The summed E-state index contributed by atoms with van der Waals surface area (Å²) < 4.78 is 15.6. The summed E-state index contributed by atoms with van der Waals surface area (Å²) in [6.45, 7) is 4.35. The summed E-state index contributed by atoms with van der Waals surface area (Å²) in [5.74, 6) is -3.60. The second-order valence-electron chi connectivity index (χ2n) is 9.98. The highest BCUT2D eigenvalue weighted by atomic mass is 31.2. The highest BCUT2D eigenvalue weighted by molar-refractivity contribution is 7.46. The minimum absolute atomic E-state index is 0.0827. The number of nitrogens with one attached hydrogen (secondary N) is 4. The van der Waals surface area contributed by atoms with Gasteiger partial charge in [0.05, 0.1) is 6.54 Å². The Hall–Kier alpha value is -4.26. The van der Waals surface area contributed by atoms with E-state index in [2.05, 4.69) is 25.8 Å². The van der Waals surface area contributed by atoms with Crippen molar-refractivity contribution in [2.24, 2.45) is 11.7 Å². The monoisotopic (exact) mass is 619 g/mol. The van der Waals surface area contributed by atoms with Gasteiger partial charge in [-0.05, 0) is 29.2 Å². The highest BCUT2D eigenvalue weighted by Crippen LogP contribution is 2.37. The van der Waals surface area contributed by atoms with E-state index >= 15 is 0 Å². The molecule has 234 valence electrons. The number of primary amides is 1. The third-order valence-electron chi connectivity index (χ3n) is 6.46. The van der Waals surface area contributed by atoms with Crippen molar-refractivity contribution in [3.8, 4) is 5.75 Å². The van der Waals surface area contributed by atoms with Gasteiger partial charge in [0, 0.05) is 19.8 Å². The molecule has 5 amide bonds. The molecule has 0 radical (unpaired) electrons. The Morgan fingerprint density at radius 3 is 1.98 bits per heavy atom. The lowest BCUT2D eigenvalue weighted by Crippen LogP contribution is -2.57. The molecule has 0 aliphatic carbocycles. The maximum Gasteiger partial charge on any atom is 0.524 e. The molecule has 4 atom stereocenters. The first-order chi connectivity index (χ1) is 20.2. The van der Waals surface area contributed by atoms with E-state index in [1.54, 1.807) is 37.3 Å². The van der Waals surface area contributed by atoms with E-state index in [1.807, 2.05) is 6.92 Å². The van der Waals surface area contributed by atoms with Crippen LogP contribution in [0.1, 0.15) is 38.3 Å². The van der Waals surface area contributed by atoms with Crippen LogP contribution in [-0.4, -0.2) is 64.0 Å². The van der Waals surface area contributed by atoms with Crippen molar-refractivity contribution in [1.82, 2.24) is 21.3 Å². The van der Waals surface area contributed by atoms with Gasteiger partial charge < -0.3 is 31.5 Å². The summed E-state index contributed by atoms with van der Waals surface area (Å²) in [6, 6.07) is 11.2. The summed E-state index contributed by atoms with van der Waals surface area (Å²) in [5, 5.41) is 10.2. The second kappa shape index (κ2) is 16.4. The summed E-state index contributed by atoms with van der Waals surface area (Å²) >= 11 is 0. The lowest BCUT2D eigenvalue weighted by atomic mass is 9.97. The normalized spacial score (nSPS) is 13.9. The SMILES string of the molecule is CC[C@H](C)[C@H](NC(C)=O)C(=O)N[C@@H](Cc1ccc(OP(=O)(O)O)cc1)C(=O)NCC(=O)N[C@@H](Cc1ccccc1)C(N)=O. The Morgan fingerprint density at radius 2 is 1.44 bits per heavy atom. The van der Waals surface area contributed by atoms with Gasteiger partial charge in [0.15, 0.2) is 0 Å². The van der Waals surface area contributed by atoms with Gasteiger partial charge in [-0.15, -0.1) is 0 Å². The van der Waals surface area contributed by atoms with Crippen LogP contribution in [-0.2, 0) is 41.4 Å². The molecule has 0 aliphatic heterocycles. The molecule has 2 rings (SSSR count). The molecule has 15 heteroatoms. The second-order valence-corrected chi connectivity index (χ2v) is 11.1. The molecule has 0 aromatic heterocycles. The maximum absolute atomic E-state index is 13.2. The van der Waals surface area contributed by atoms with Gasteiger partial charge in [-0.1, -0.05) is 62.7 Å². The number of phosphoric ester groups is 1. The molecule has 0 aliphatic rings. The van der Waals surface area contributed by atoms with Crippen molar-refractivity contribution >= 4 is 37.4 Å². The first-order valence-corrected chi connectivity index (χ1v) is 15.0. The number of benzene rings is 2. The minimum Gasteiger partial charge on any atom is -0.404 e. The van der Waals surface area contributed by atoms with Crippen LogP contribution < -0.4 is 31.5 Å². The van der Waals surface area contributed by atoms with Gasteiger partial charge in [0.25, 0.3) is 0 Å². The zero-order valence-electron chi connectivity index (χ0n) is 24.1. The number of rotatable bonds is 16. The molecule has 2 aromatic carbocycles. The molecule has 0 saturated heterocycles. The summed E-state index contributed by atoms with van der Waals surface area (Å²) in [5.41, 5.74) is 6.70. The fourth-order valence-electron chi connectivity index (χ4n) is 4.06. The van der Waals surface area contributed by atoms with Crippen molar-refractivity contribution in [2.75, 3.05) is 6.54 Å². The van der Waals surface area contributed by atoms with Gasteiger partial charge in [0.1, 0.15) is 23.9 Å². The van der Waals surface area contributed by atoms with Gasteiger partial charge in [0.2, 0.25) is 29.5 Å². The molecular weight excluding hydrogens is 581 g/mol. The lowest BCUT2D eigenvalue weighted by molar-refractivity contribution is -0.133. The molecule has 0 spiro atoms.